The Kier molecular flexibility index (Phi) is 3.18. The Bertz CT molecular complexity index is 453. The maximum Gasteiger partial charge on any atom is 0.101 e. The topological polar surface area (TPSA) is 42.3 Å². The molecule has 0 spiro atoms. The van der Waals surface area contributed by atoms with Crippen LogP contribution in [0.5, 0.6) is 0 Å². The van der Waals surface area contributed by atoms with Crippen LogP contribution in [0.2, 0.25) is 0 Å². The Morgan fingerprint density at radius 2 is 1.89 bits per heavy atom. The number of hydrogen-bond acceptors (Lipinski definition) is 4. The molecule has 4 heteroatoms. The lowest BCUT2D eigenvalue weighted by atomic mass is 10.0. The molecular weight excluding hydrogens is 224 g/mol. The van der Waals surface area contributed by atoms with E-state index in [0.29, 0.717) is 6.04 Å². The Balaban J connectivity index is 1.63. The normalized spacial score (nSPS) is 21.4. The molecular formula is C14H18N4. The lowest BCUT2D eigenvalue weighted by molar-refractivity contribution is 0.147. The van der Waals surface area contributed by atoms with Gasteiger partial charge in [0.15, 0.2) is 0 Å². The molecule has 0 atom stereocenters. The van der Waals surface area contributed by atoms with Gasteiger partial charge >= 0.3 is 0 Å². The van der Waals surface area contributed by atoms with Crippen molar-refractivity contribution in [1.82, 2.24) is 10.2 Å². The number of hydrogen-bond donors (Lipinski definition) is 1. The molecule has 2 aliphatic heterocycles. The number of piperazine rings is 1. The third-order valence-corrected chi connectivity index (χ3v) is 3.90. The Morgan fingerprint density at radius 1 is 1.17 bits per heavy atom. The summed E-state index contributed by atoms with van der Waals surface area (Å²) in [4.78, 5) is 4.87. The van der Waals surface area contributed by atoms with Crippen molar-refractivity contribution < 1.29 is 0 Å². The van der Waals surface area contributed by atoms with Gasteiger partial charge in [-0.15, -0.1) is 0 Å². The molecule has 0 saturated carbocycles. The molecule has 0 bridgehead atoms. The summed E-state index contributed by atoms with van der Waals surface area (Å²) >= 11 is 0. The predicted molar refractivity (Wildman–Crippen MR) is 71.6 cm³/mol. The third kappa shape index (κ3) is 2.07. The Labute approximate surface area is 108 Å². The highest BCUT2D eigenvalue weighted by Crippen LogP contribution is 2.26. The summed E-state index contributed by atoms with van der Waals surface area (Å²) in [5.74, 6) is 0. The second kappa shape index (κ2) is 4.97. The summed E-state index contributed by atoms with van der Waals surface area (Å²) in [6, 6.07) is 10.8. The maximum absolute atomic E-state index is 9.11. The molecule has 3 rings (SSSR count). The van der Waals surface area contributed by atoms with E-state index in [0.717, 1.165) is 50.5 Å². The van der Waals surface area contributed by atoms with Crippen molar-refractivity contribution >= 4 is 5.69 Å². The average Bonchev–Trinajstić information content (AvgIpc) is 2.39. The van der Waals surface area contributed by atoms with Crippen LogP contribution in [0.4, 0.5) is 5.69 Å². The summed E-state index contributed by atoms with van der Waals surface area (Å²) in [5, 5.41) is 12.5. The number of rotatable bonds is 2. The Hall–Kier alpha value is -1.57. The van der Waals surface area contributed by atoms with Gasteiger partial charge in [0.1, 0.15) is 6.07 Å². The second-order valence-corrected chi connectivity index (χ2v) is 4.97. The fourth-order valence-electron chi connectivity index (χ4n) is 2.77. The van der Waals surface area contributed by atoms with E-state index in [-0.39, 0.29) is 0 Å². The standard InChI is InChI=1S/C14H18N4/c15-9-12-3-1-2-4-14(12)18-10-13(11-18)17-7-5-16-6-8-17/h1-4,13,16H,5-8,10-11H2. The molecule has 2 saturated heterocycles. The van der Waals surface area contributed by atoms with E-state index >= 15 is 0 Å². The van der Waals surface area contributed by atoms with E-state index in [2.05, 4.69) is 21.2 Å². The molecule has 0 amide bonds. The molecule has 1 aromatic carbocycles. The molecule has 4 nitrogen and oxygen atoms in total. The summed E-state index contributed by atoms with van der Waals surface area (Å²) < 4.78 is 0. The average molecular weight is 242 g/mol. The van der Waals surface area contributed by atoms with Gasteiger partial charge in [-0.2, -0.15) is 5.26 Å². The first-order chi connectivity index (χ1) is 8.88. The van der Waals surface area contributed by atoms with Crippen LogP contribution in [0.25, 0.3) is 0 Å². The maximum atomic E-state index is 9.11. The predicted octanol–water partition coefficient (Wildman–Crippen LogP) is 0.652. The fraction of sp³-hybridized carbons (Fsp3) is 0.500. The molecule has 2 aliphatic rings. The van der Waals surface area contributed by atoms with Crippen LogP contribution in [0, 0.1) is 11.3 Å². The van der Waals surface area contributed by atoms with E-state index in [4.69, 9.17) is 5.26 Å². The van der Waals surface area contributed by atoms with Crippen LogP contribution in [-0.4, -0.2) is 50.2 Å². The molecule has 1 N–H and O–H groups in total. The molecule has 2 heterocycles. The highest BCUT2D eigenvalue weighted by atomic mass is 15.3. The van der Waals surface area contributed by atoms with E-state index in [1.807, 2.05) is 24.3 Å². The first-order valence-corrected chi connectivity index (χ1v) is 6.57. The fourth-order valence-corrected chi connectivity index (χ4v) is 2.77. The van der Waals surface area contributed by atoms with Gasteiger partial charge in [-0.25, -0.2) is 0 Å². The number of nitrogens with zero attached hydrogens (tertiary/aromatic N) is 3. The molecule has 0 aromatic heterocycles. The quantitative estimate of drug-likeness (QED) is 0.827. The van der Waals surface area contributed by atoms with Crippen LogP contribution < -0.4 is 10.2 Å². The van der Waals surface area contributed by atoms with Crippen molar-refractivity contribution in [2.24, 2.45) is 0 Å². The van der Waals surface area contributed by atoms with Crippen LogP contribution in [0.1, 0.15) is 5.56 Å². The zero-order valence-corrected chi connectivity index (χ0v) is 10.5. The molecule has 0 radical (unpaired) electrons. The molecule has 18 heavy (non-hydrogen) atoms. The summed E-state index contributed by atoms with van der Waals surface area (Å²) in [6.45, 7) is 6.62. The number of nitriles is 1. The molecule has 0 unspecified atom stereocenters. The van der Waals surface area contributed by atoms with Crippen LogP contribution in [0.15, 0.2) is 24.3 Å². The lowest BCUT2D eigenvalue weighted by Gasteiger charge is -2.48. The number of anilines is 1. The van der Waals surface area contributed by atoms with Crippen molar-refractivity contribution in [2.75, 3.05) is 44.2 Å². The van der Waals surface area contributed by atoms with E-state index in [1.54, 1.807) is 0 Å². The van der Waals surface area contributed by atoms with Gasteiger partial charge in [-0.1, -0.05) is 12.1 Å². The monoisotopic (exact) mass is 242 g/mol. The highest BCUT2D eigenvalue weighted by molar-refractivity contribution is 5.60. The molecule has 94 valence electrons. The minimum Gasteiger partial charge on any atom is -0.367 e. The summed E-state index contributed by atoms with van der Waals surface area (Å²) in [7, 11) is 0. The van der Waals surface area contributed by atoms with E-state index < -0.39 is 0 Å². The Morgan fingerprint density at radius 3 is 2.61 bits per heavy atom. The lowest BCUT2D eigenvalue weighted by Crippen LogP contribution is -2.63. The van der Waals surface area contributed by atoms with E-state index in [9.17, 15) is 0 Å². The molecule has 2 fully saturated rings. The van der Waals surface area contributed by atoms with Crippen LogP contribution in [-0.2, 0) is 0 Å². The molecule has 1 aromatic rings. The van der Waals surface area contributed by atoms with Crippen LogP contribution >= 0.6 is 0 Å². The largest absolute Gasteiger partial charge is 0.367 e. The number of nitrogens with one attached hydrogen (secondary N) is 1. The molecule has 0 aliphatic carbocycles. The summed E-state index contributed by atoms with van der Waals surface area (Å²) in [5.41, 5.74) is 1.88. The summed E-state index contributed by atoms with van der Waals surface area (Å²) in [6.07, 6.45) is 0. The van der Waals surface area contributed by atoms with Gasteiger partial charge in [0.05, 0.1) is 11.3 Å². The zero-order valence-electron chi connectivity index (χ0n) is 10.5. The minimum atomic E-state index is 0.666. The van der Waals surface area contributed by atoms with Crippen molar-refractivity contribution in [3.05, 3.63) is 29.8 Å². The zero-order chi connectivity index (χ0) is 12.4. The first-order valence-electron chi connectivity index (χ1n) is 6.57. The van der Waals surface area contributed by atoms with Gasteiger partial charge in [0, 0.05) is 45.3 Å². The van der Waals surface area contributed by atoms with Gasteiger partial charge < -0.3 is 10.2 Å². The number of benzene rings is 1. The van der Waals surface area contributed by atoms with Crippen molar-refractivity contribution in [2.45, 2.75) is 6.04 Å². The first kappa shape index (κ1) is 11.5. The van der Waals surface area contributed by atoms with Gasteiger partial charge in [0.25, 0.3) is 0 Å². The van der Waals surface area contributed by atoms with Crippen molar-refractivity contribution in [1.29, 1.82) is 5.26 Å². The third-order valence-electron chi connectivity index (χ3n) is 3.90. The van der Waals surface area contributed by atoms with Gasteiger partial charge in [-0.05, 0) is 12.1 Å². The SMILES string of the molecule is N#Cc1ccccc1N1CC(N2CCNCC2)C1. The van der Waals surface area contributed by atoms with Gasteiger partial charge in [0.2, 0.25) is 0 Å². The van der Waals surface area contributed by atoms with Crippen LogP contribution in [0.3, 0.4) is 0 Å². The van der Waals surface area contributed by atoms with Crippen molar-refractivity contribution in [3.8, 4) is 6.07 Å². The smallest absolute Gasteiger partial charge is 0.101 e. The van der Waals surface area contributed by atoms with Gasteiger partial charge in [-0.3, -0.25) is 4.90 Å². The van der Waals surface area contributed by atoms with Crippen molar-refractivity contribution in [3.63, 3.8) is 0 Å². The number of para-hydroxylation sites is 1. The minimum absolute atomic E-state index is 0.666. The highest BCUT2D eigenvalue weighted by Gasteiger charge is 2.33. The van der Waals surface area contributed by atoms with E-state index in [1.165, 1.54) is 0 Å². The second-order valence-electron chi connectivity index (χ2n) is 4.97.